The zero-order valence-electron chi connectivity index (χ0n) is 8.72. The molecule has 15 heavy (non-hydrogen) atoms. The van der Waals surface area contributed by atoms with Crippen LogP contribution in [0.15, 0.2) is 24.3 Å². The molecule has 0 atom stereocenters. The van der Waals surface area contributed by atoms with E-state index >= 15 is 0 Å². The molecule has 1 saturated heterocycles. The fraction of sp³-hybridized carbons (Fsp3) is 0.455. The van der Waals surface area contributed by atoms with Crippen LogP contribution < -0.4 is 0 Å². The number of ether oxygens (including phenoxy) is 1. The van der Waals surface area contributed by atoms with Crippen LogP contribution in [0.25, 0.3) is 0 Å². The summed E-state index contributed by atoms with van der Waals surface area (Å²) in [6.07, 6.45) is 2.56. The Labute approximate surface area is 108 Å². The van der Waals surface area contributed by atoms with E-state index in [0.29, 0.717) is 0 Å². The van der Waals surface area contributed by atoms with Crippen molar-refractivity contribution in [3.63, 3.8) is 0 Å². The minimum absolute atomic E-state index is 0.751. The van der Waals surface area contributed by atoms with Crippen LogP contribution in [0, 0.1) is 0 Å². The number of hydrogen-bond donors (Lipinski definition) is 0. The molecule has 1 heterocycles. The van der Waals surface area contributed by atoms with Crippen LogP contribution in [0.4, 0.5) is 0 Å². The summed E-state index contributed by atoms with van der Waals surface area (Å²) in [5, 5.41) is 1.89. The molecule has 0 N–H and O–H groups in total. The first kappa shape index (κ1) is 13.4. The van der Waals surface area contributed by atoms with E-state index < -0.39 is 16.1 Å². The Hall–Kier alpha value is 0.383. The second-order valence-electron chi connectivity index (χ2n) is 3.39. The van der Waals surface area contributed by atoms with Gasteiger partial charge in [-0.15, -0.1) is 0 Å². The van der Waals surface area contributed by atoms with Gasteiger partial charge in [0.15, 0.2) is 0 Å². The van der Waals surface area contributed by atoms with E-state index in [0.717, 1.165) is 23.3 Å². The second-order valence-corrected chi connectivity index (χ2v) is 7.63. The van der Waals surface area contributed by atoms with E-state index in [1.165, 1.54) is 18.4 Å². The third-order valence-electron chi connectivity index (χ3n) is 2.10. The SMILES string of the molecule is C1CCOC1.[Cl][Zn][CH2]c1cccc(Cl)c1. The van der Waals surface area contributed by atoms with Gasteiger partial charge in [-0.2, -0.15) is 0 Å². The van der Waals surface area contributed by atoms with E-state index in [-0.39, 0.29) is 0 Å². The van der Waals surface area contributed by atoms with Gasteiger partial charge < -0.3 is 4.74 Å². The van der Waals surface area contributed by atoms with Gasteiger partial charge in [0.05, 0.1) is 0 Å². The monoisotopic (exact) mass is 296 g/mol. The van der Waals surface area contributed by atoms with Crippen molar-refractivity contribution in [2.24, 2.45) is 0 Å². The molecule has 80 valence electrons. The Morgan fingerprint density at radius 2 is 2.00 bits per heavy atom. The van der Waals surface area contributed by atoms with Crippen LogP contribution in [0.2, 0.25) is 5.02 Å². The van der Waals surface area contributed by atoms with Crippen molar-refractivity contribution in [1.82, 2.24) is 0 Å². The average molecular weight is 299 g/mol. The molecule has 0 radical (unpaired) electrons. The molecule has 1 aliphatic rings. The van der Waals surface area contributed by atoms with Crippen LogP contribution in [-0.2, 0) is 25.9 Å². The van der Waals surface area contributed by atoms with Gasteiger partial charge in [0.25, 0.3) is 0 Å². The molecule has 1 nitrogen and oxygen atoms in total. The first-order valence-corrected chi connectivity index (χ1v) is 11.6. The van der Waals surface area contributed by atoms with Crippen molar-refractivity contribution in [2.75, 3.05) is 13.2 Å². The number of hydrogen-bond acceptors (Lipinski definition) is 1. The predicted octanol–water partition coefficient (Wildman–Crippen LogP) is 3.87. The van der Waals surface area contributed by atoms with E-state index in [4.69, 9.17) is 26.0 Å². The van der Waals surface area contributed by atoms with Crippen LogP contribution in [0.1, 0.15) is 18.4 Å². The summed E-state index contributed by atoms with van der Waals surface area (Å²) in [6, 6.07) is 7.90. The number of rotatable bonds is 2. The molecule has 0 aliphatic carbocycles. The molecule has 1 aromatic rings. The van der Waals surface area contributed by atoms with Gasteiger partial charge in [0.2, 0.25) is 0 Å². The summed E-state index contributed by atoms with van der Waals surface area (Å²) in [5.74, 6) is 0. The second kappa shape index (κ2) is 8.53. The molecule has 0 aromatic heterocycles. The molecule has 0 unspecified atom stereocenters. The van der Waals surface area contributed by atoms with Crippen LogP contribution in [0.5, 0.6) is 0 Å². The third-order valence-corrected chi connectivity index (χ3v) is 4.92. The standard InChI is InChI=1S/C7H6Cl.C4H8O.ClH.Zn/c1-6-3-2-4-7(8)5-6;1-2-4-5-3-1;;/h2-5H,1H2;1-4H2;1H;/q;;;+1/p-1. The molecule has 1 fully saturated rings. The summed E-state index contributed by atoms with van der Waals surface area (Å²) in [6.45, 7) is 2.00. The number of benzene rings is 1. The van der Waals surface area contributed by atoms with E-state index in [1.807, 2.05) is 18.2 Å². The van der Waals surface area contributed by atoms with Crippen molar-refractivity contribution in [3.05, 3.63) is 34.9 Å². The molecule has 1 aliphatic heterocycles. The Bertz CT molecular complexity index is 269. The van der Waals surface area contributed by atoms with Crippen molar-refractivity contribution in [2.45, 2.75) is 17.9 Å². The van der Waals surface area contributed by atoms with Gasteiger partial charge in [-0.3, -0.25) is 0 Å². The van der Waals surface area contributed by atoms with Crippen LogP contribution in [-0.4, -0.2) is 13.2 Å². The molecule has 4 heteroatoms. The molecular weight excluding hydrogens is 284 g/mol. The summed E-state index contributed by atoms with van der Waals surface area (Å²) < 4.78 is 4.94. The summed E-state index contributed by atoms with van der Waals surface area (Å²) in [7, 11) is 5.73. The Balaban J connectivity index is 0.000000187. The van der Waals surface area contributed by atoms with Gasteiger partial charge in [0, 0.05) is 13.2 Å². The molecule has 0 bridgehead atoms. The molecule has 0 saturated carbocycles. The summed E-state index contributed by atoms with van der Waals surface area (Å²) in [5.41, 5.74) is 1.28. The third kappa shape index (κ3) is 6.53. The van der Waals surface area contributed by atoms with Crippen molar-refractivity contribution in [3.8, 4) is 0 Å². The summed E-state index contributed by atoms with van der Waals surface area (Å²) in [4.78, 5) is 0. The van der Waals surface area contributed by atoms with Gasteiger partial charge in [-0.1, -0.05) is 0 Å². The predicted molar refractivity (Wildman–Crippen MR) is 61.1 cm³/mol. The Morgan fingerprint density at radius 1 is 1.27 bits per heavy atom. The molecule has 2 rings (SSSR count). The zero-order valence-corrected chi connectivity index (χ0v) is 13.2. The molecule has 0 spiro atoms. The fourth-order valence-corrected chi connectivity index (χ4v) is 3.77. The van der Waals surface area contributed by atoms with Gasteiger partial charge >= 0.3 is 77.3 Å². The molecule has 1 aromatic carbocycles. The maximum atomic E-state index is 5.76. The minimum atomic E-state index is -0.751. The fourth-order valence-electron chi connectivity index (χ4n) is 1.31. The average Bonchev–Trinajstić information content (AvgIpc) is 2.76. The molecule has 0 amide bonds. The zero-order chi connectivity index (χ0) is 10.9. The Kier molecular flexibility index (Phi) is 7.64. The summed E-state index contributed by atoms with van der Waals surface area (Å²) >= 11 is 5.01. The quantitative estimate of drug-likeness (QED) is 0.753. The Morgan fingerprint density at radius 3 is 2.47 bits per heavy atom. The van der Waals surface area contributed by atoms with E-state index in [9.17, 15) is 0 Å². The first-order valence-electron chi connectivity index (χ1n) is 5.21. The van der Waals surface area contributed by atoms with Crippen molar-refractivity contribution >= 4 is 21.3 Å². The first-order chi connectivity index (χ1) is 7.33. The van der Waals surface area contributed by atoms with Crippen molar-refractivity contribution < 1.29 is 20.9 Å². The normalized spacial score (nSPS) is 14.0. The van der Waals surface area contributed by atoms with Crippen molar-refractivity contribution in [1.29, 1.82) is 0 Å². The van der Waals surface area contributed by atoms with Crippen LogP contribution in [0.3, 0.4) is 0 Å². The van der Waals surface area contributed by atoms with E-state index in [1.54, 1.807) is 0 Å². The van der Waals surface area contributed by atoms with E-state index in [2.05, 4.69) is 6.07 Å². The molecular formula is C11H14Cl2OZn. The van der Waals surface area contributed by atoms with Gasteiger partial charge in [-0.25, -0.2) is 0 Å². The topological polar surface area (TPSA) is 9.23 Å². The van der Waals surface area contributed by atoms with Gasteiger partial charge in [0.1, 0.15) is 0 Å². The van der Waals surface area contributed by atoms with Crippen LogP contribution >= 0.6 is 21.3 Å². The number of halogens is 2. The van der Waals surface area contributed by atoms with Gasteiger partial charge in [-0.05, 0) is 12.8 Å². The maximum absolute atomic E-state index is 5.76.